The van der Waals surface area contributed by atoms with Crippen molar-refractivity contribution in [3.63, 3.8) is 0 Å². The Morgan fingerprint density at radius 2 is 1.79 bits per heavy atom. The van der Waals surface area contributed by atoms with Gasteiger partial charge in [-0.25, -0.2) is 0 Å². The number of aliphatic hydroxyl groups excluding tert-OH is 1. The Balaban J connectivity index is 2.44. The molecular formula is C19H30O4S. The van der Waals surface area contributed by atoms with Crippen LogP contribution in [0.15, 0.2) is 30.3 Å². The van der Waals surface area contributed by atoms with Gasteiger partial charge in [0.2, 0.25) is 0 Å². The first-order chi connectivity index (χ1) is 11.1. The van der Waals surface area contributed by atoms with Crippen LogP contribution < -0.4 is 0 Å². The van der Waals surface area contributed by atoms with Crippen LogP contribution in [0.25, 0.3) is 0 Å². The van der Waals surface area contributed by atoms with Gasteiger partial charge in [-0.3, -0.25) is 9.00 Å². The molecule has 0 aliphatic carbocycles. The minimum Gasteiger partial charge on any atom is -0.392 e. The minimum atomic E-state index is -1.24. The number of benzene rings is 1. The Bertz CT molecular complexity index is 536. The number of ketones is 1. The molecule has 0 fully saturated rings. The Morgan fingerprint density at radius 1 is 1.21 bits per heavy atom. The minimum absolute atomic E-state index is 0.0146. The van der Waals surface area contributed by atoms with Gasteiger partial charge in [0.05, 0.1) is 25.1 Å². The molecule has 0 saturated heterocycles. The van der Waals surface area contributed by atoms with Crippen molar-refractivity contribution in [2.24, 2.45) is 11.8 Å². The van der Waals surface area contributed by atoms with Crippen LogP contribution in [-0.4, -0.2) is 38.3 Å². The lowest BCUT2D eigenvalue weighted by Gasteiger charge is -2.25. The van der Waals surface area contributed by atoms with Gasteiger partial charge in [0.15, 0.2) is 5.78 Å². The Labute approximate surface area is 148 Å². The SMILES string of the molecule is C[C@@H](COCc1ccccc1)[C@H](O)[C@@H](C)C(=O)C[S@@](=O)C(C)(C)C. The highest BCUT2D eigenvalue weighted by atomic mass is 32.2. The summed E-state index contributed by atoms with van der Waals surface area (Å²) < 4.78 is 17.3. The second-order valence-corrected chi connectivity index (χ2v) is 9.53. The predicted molar refractivity (Wildman–Crippen MR) is 98.2 cm³/mol. The van der Waals surface area contributed by atoms with E-state index in [0.717, 1.165) is 5.56 Å². The Morgan fingerprint density at radius 3 is 2.33 bits per heavy atom. The molecule has 0 aliphatic rings. The molecule has 0 heterocycles. The molecule has 1 rings (SSSR count). The third-order valence-corrected chi connectivity index (χ3v) is 5.96. The summed E-state index contributed by atoms with van der Waals surface area (Å²) in [5.74, 6) is -0.896. The lowest BCUT2D eigenvalue weighted by atomic mass is 9.91. The largest absolute Gasteiger partial charge is 0.392 e. The zero-order valence-corrected chi connectivity index (χ0v) is 16.1. The first-order valence-electron chi connectivity index (χ1n) is 8.34. The molecule has 1 aromatic carbocycles. The first kappa shape index (κ1) is 21.0. The van der Waals surface area contributed by atoms with Crippen molar-refractivity contribution in [1.29, 1.82) is 0 Å². The predicted octanol–water partition coefficient (Wildman–Crippen LogP) is 2.95. The Hall–Kier alpha value is -1.04. The number of hydrogen-bond acceptors (Lipinski definition) is 4. The summed E-state index contributed by atoms with van der Waals surface area (Å²) in [7, 11) is -1.24. The van der Waals surface area contributed by atoms with Crippen LogP contribution in [0.1, 0.15) is 40.2 Å². The lowest BCUT2D eigenvalue weighted by molar-refractivity contribution is -0.125. The number of hydrogen-bond donors (Lipinski definition) is 1. The summed E-state index contributed by atoms with van der Waals surface area (Å²) in [5.41, 5.74) is 1.07. The third kappa shape index (κ3) is 6.83. The molecule has 24 heavy (non-hydrogen) atoms. The molecule has 136 valence electrons. The monoisotopic (exact) mass is 354 g/mol. The third-order valence-electron chi connectivity index (χ3n) is 4.05. The van der Waals surface area contributed by atoms with Crippen LogP contribution in [0.5, 0.6) is 0 Å². The van der Waals surface area contributed by atoms with Crippen LogP contribution in [0.3, 0.4) is 0 Å². The molecule has 0 aliphatic heterocycles. The second kappa shape index (κ2) is 9.44. The molecule has 4 nitrogen and oxygen atoms in total. The first-order valence-corrected chi connectivity index (χ1v) is 9.65. The molecule has 0 spiro atoms. The summed E-state index contributed by atoms with van der Waals surface area (Å²) in [4.78, 5) is 12.2. The maximum absolute atomic E-state index is 12.2. The fraction of sp³-hybridized carbons (Fsp3) is 0.632. The zero-order valence-electron chi connectivity index (χ0n) is 15.3. The number of ether oxygens (including phenoxy) is 1. The van der Waals surface area contributed by atoms with E-state index < -0.39 is 27.6 Å². The van der Waals surface area contributed by atoms with E-state index in [0.29, 0.717) is 13.2 Å². The molecule has 4 atom stereocenters. The summed E-state index contributed by atoms with van der Waals surface area (Å²) in [6, 6.07) is 9.81. The average Bonchev–Trinajstić information content (AvgIpc) is 2.53. The van der Waals surface area contributed by atoms with Crippen molar-refractivity contribution in [3.05, 3.63) is 35.9 Å². The van der Waals surface area contributed by atoms with Crippen molar-refractivity contribution >= 4 is 16.6 Å². The fourth-order valence-corrected chi connectivity index (χ4v) is 3.15. The maximum Gasteiger partial charge on any atom is 0.150 e. The quantitative estimate of drug-likeness (QED) is 0.740. The number of Topliss-reactive ketones (excluding diaryl/α,β-unsaturated/α-hetero) is 1. The van der Waals surface area contributed by atoms with Crippen molar-refractivity contribution in [2.75, 3.05) is 12.4 Å². The second-order valence-electron chi connectivity index (χ2n) is 7.33. The van der Waals surface area contributed by atoms with Gasteiger partial charge < -0.3 is 9.84 Å². The molecule has 1 aromatic rings. The summed E-state index contributed by atoms with van der Waals surface area (Å²) in [6.45, 7) is 9.94. The topological polar surface area (TPSA) is 63.6 Å². The van der Waals surface area contributed by atoms with Crippen LogP contribution in [0, 0.1) is 11.8 Å². The van der Waals surface area contributed by atoms with Crippen molar-refractivity contribution in [1.82, 2.24) is 0 Å². The van der Waals surface area contributed by atoms with Crippen LogP contribution in [0.2, 0.25) is 0 Å². The molecule has 0 bridgehead atoms. The van der Waals surface area contributed by atoms with Gasteiger partial charge in [-0.05, 0) is 26.3 Å². The van der Waals surface area contributed by atoms with Crippen molar-refractivity contribution in [2.45, 2.75) is 52.1 Å². The highest BCUT2D eigenvalue weighted by Crippen LogP contribution is 2.18. The molecule has 5 heteroatoms. The number of carbonyl (C=O) groups is 1. The highest BCUT2D eigenvalue weighted by molar-refractivity contribution is 7.87. The van der Waals surface area contributed by atoms with Gasteiger partial charge in [-0.2, -0.15) is 0 Å². The van der Waals surface area contributed by atoms with E-state index >= 15 is 0 Å². The van der Waals surface area contributed by atoms with Gasteiger partial charge in [-0.15, -0.1) is 0 Å². The average molecular weight is 355 g/mol. The van der Waals surface area contributed by atoms with E-state index in [1.165, 1.54) is 0 Å². The van der Waals surface area contributed by atoms with E-state index in [9.17, 15) is 14.1 Å². The maximum atomic E-state index is 12.2. The molecule has 0 radical (unpaired) electrons. The Kier molecular flexibility index (Phi) is 8.27. The van der Waals surface area contributed by atoms with Gasteiger partial charge in [0.1, 0.15) is 0 Å². The van der Waals surface area contributed by atoms with E-state index in [4.69, 9.17) is 4.74 Å². The van der Waals surface area contributed by atoms with E-state index in [-0.39, 0.29) is 17.5 Å². The van der Waals surface area contributed by atoms with E-state index in [1.54, 1.807) is 6.92 Å². The van der Waals surface area contributed by atoms with Gasteiger partial charge in [0, 0.05) is 27.4 Å². The molecule has 0 unspecified atom stereocenters. The van der Waals surface area contributed by atoms with Gasteiger partial charge >= 0.3 is 0 Å². The number of carbonyl (C=O) groups excluding carboxylic acids is 1. The van der Waals surface area contributed by atoms with Gasteiger partial charge in [0.25, 0.3) is 0 Å². The van der Waals surface area contributed by atoms with Crippen molar-refractivity contribution < 1.29 is 18.8 Å². The van der Waals surface area contributed by atoms with Crippen LogP contribution in [-0.2, 0) is 26.9 Å². The molecule has 0 aromatic heterocycles. The number of aliphatic hydroxyl groups is 1. The van der Waals surface area contributed by atoms with Crippen LogP contribution >= 0.6 is 0 Å². The van der Waals surface area contributed by atoms with E-state index in [2.05, 4.69) is 0 Å². The number of rotatable bonds is 9. The lowest BCUT2D eigenvalue weighted by Crippen LogP contribution is -2.37. The molecule has 0 saturated carbocycles. The highest BCUT2D eigenvalue weighted by Gasteiger charge is 2.30. The van der Waals surface area contributed by atoms with Crippen LogP contribution in [0.4, 0.5) is 0 Å². The normalized spacial score (nSPS) is 17.1. The summed E-state index contributed by atoms with van der Waals surface area (Å²) in [6.07, 6.45) is -0.801. The van der Waals surface area contributed by atoms with Crippen molar-refractivity contribution in [3.8, 4) is 0 Å². The van der Waals surface area contributed by atoms with E-state index in [1.807, 2.05) is 58.0 Å². The summed E-state index contributed by atoms with van der Waals surface area (Å²) in [5, 5.41) is 10.4. The zero-order chi connectivity index (χ0) is 18.3. The molecule has 0 amide bonds. The smallest absolute Gasteiger partial charge is 0.150 e. The molecular weight excluding hydrogens is 324 g/mol. The standard InChI is InChI=1S/C19H30O4S/c1-14(11-23-12-16-9-7-6-8-10-16)18(21)15(2)17(20)13-24(22)19(3,4)5/h6-10,14-15,18,21H,11-13H2,1-5H3/t14-,15-,18-,24+/m0/s1. The fourth-order valence-electron chi connectivity index (χ4n) is 2.20. The summed E-state index contributed by atoms with van der Waals surface area (Å²) >= 11 is 0. The van der Waals surface area contributed by atoms with Gasteiger partial charge in [-0.1, -0.05) is 44.2 Å². The molecule has 1 N–H and O–H groups in total.